The summed E-state index contributed by atoms with van der Waals surface area (Å²) in [4.78, 5) is 14.2. The molecule has 17 heteroatoms. The highest BCUT2D eigenvalue weighted by Crippen LogP contribution is 2.45. The van der Waals surface area contributed by atoms with Gasteiger partial charge in [-0.1, -0.05) is 24.2 Å². The Labute approximate surface area is 246 Å². The largest absolute Gasteiger partial charge is 0.422 e. The average molecular weight is 635 g/mol. The fourth-order valence-electron chi connectivity index (χ4n) is 5.42. The number of alkyl halides is 6. The standard InChI is InChI=1S/C17H19F3N4O3.C10H13F3N2O2/c1-8-6-24(15(25)11-5-10(21-22-11)9-3-4-9)7-12-13(8)14(23-27-12)16(2,26)17(18,19)20;1-5-3-14-4-6-7(5)8(15-17-6)9(2,16)10(11,12)13/h5,8-9,26H,3-4,6-7H2,1-2H3,(H,21,22);5,14,16H,3-4H2,1-2H3/t8-,16+;5-,9+/m00/s1. The second kappa shape index (κ2) is 10.9. The van der Waals surface area contributed by atoms with Crippen molar-refractivity contribution in [1.29, 1.82) is 0 Å². The van der Waals surface area contributed by atoms with Crippen molar-refractivity contribution < 1.29 is 50.4 Å². The number of nitrogens with one attached hydrogen (secondary N) is 2. The van der Waals surface area contributed by atoms with Crippen molar-refractivity contribution in [2.45, 2.75) is 94.9 Å². The van der Waals surface area contributed by atoms with Crippen molar-refractivity contribution in [1.82, 2.24) is 30.7 Å². The molecule has 0 saturated heterocycles. The number of aromatic nitrogens is 4. The van der Waals surface area contributed by atoms with Gasteiger partial charge >= 0.3 is 12.4 Å². The third kappa shape index (κ3) is 5.60. The SMILES string of the molecule is C[C@H]1CN(C(=O)c2cc(C3CC3)[nH]n2)Cc2onc([C@@](C)(O)C(F)(F)F)c21.C[C@H]1CNCc2onc([C@@](C)(O)C(F)(F)F)c21. The van der Waals surface area contributed by atoms with Gasteiger partial charge in [0.15, 0.2) is 11.5 Å². The van der Waals surface area contributed by atoms with E-state index in [1.54, 1.807) is 19.9 Å². The van der Waals surface area contributed by atoms with Crippen molar-refractivity contribution in [3.8, 4) is 0 Å². The third-order valence-electron chi connectivity index (χ3n) is 8.30. The van der Waals surface area contributed by atoms with E-state index in [0.717, 1.165) is 18.5 Å². The first-order valence-electron chi connectivity index (χ1n) is 14.0. The number of halogens is 6. The molecule has 4 N–H and O–H groups in total. The molecule has 4 atom stereocenters. The Bertz CT molecular complexity index is 1520. The number of hydrogen-bond acceptors (Lipinski definition) is 9. The van der Waals surface area contributed by atoms with Gasteiger partial charge in [0.05, 0.1) is 13.1 Å². The van der Waals surface area contributed by atoms with E-state index in [1.807, 2.05) is 0 Å². The molecule has 11 nitrogen and oxygen atoms in total. The summed E-state index contributed by atoms with van der Waals surface area (Å²) in [6.07, 6.45) is -7.53. The molecule has 6 rings (SSSR count). The van der Waals surface area contributed by atoms with Crippen molar-refractivity contribution in [3.05, 3.63) is 51.5 Å². The van der Waals surface area contributed by atoms with Crippen LogP contribution in [0.15, 0.2) is 15.1 Å². The highest BCUT2D eigenvalue weighted by Gasteiger charge is 2.56. The Hall–Kier alpha value is -3.44. The lowest BCUT2D eigenvalue weighted by atomic mass is 9.87. The van der Waals surface area contributed by atoms with E-state index in [4.69, 9.17) is 9.05 Å². The van der Waals surface area contributed by atoms with Crippen LogP contribution in [-0.2, 0) is 24.3 Å². The predicted molar refractivity (Wildman–Crippen MR) is 138 cm³/mol. The molecular formula is C27H32F6N6O5. The maximum Gasteiger partial charge on any atom is 0.422 e. The number of hydrogen-bond donors (Lipinski definition) is 4. The molecule has 2 aliphatic heterocycles. The van der Waals surface area contributed by atoms with E-state index in [1.165, 1.54) is 4.90 Å². The first-order chi connectivity index (χ1) is 20.3. The van der Waals surface area contributed by atoms with Crippen molar-refractivity contribution in [2.24, 2.45) is 0 Å². The van der Waals surface area contributed by atoms with Crippen LogP contribution < -0.4 is 5.32 Å². The zero-order valence-electron chi connectivity index (χ0n) is 24.2. The van der Waals surface area contributed by atoms with Gasteiger partial charge in [-0.05, 0) is 38.7 Å². The topological polar surface area (TPSA) is 154 Å². The number of H-pyrrole nitrogens is 1. The minimum Gasteiger partial charge on any atom is -0.375 e. The second-order valence-electron chi connectivity index (χ2n) is 12.0. The number of amides is 1. The summed E-state index contributed by atoms with van der Waals surface area (Å²) in [5, 5.41) is 36.4. The number of nitrogens with zero attached hydrogens (tertiary/aromatic N) is 4. The Kier molecular flexibility index (Phi) is 7.90. The molecule has 1 aliphatic carbocycles. The quantitative estimate of drug-likeness (QED) is 0.305. The zero-order valence-corrected chi connectivity index (χ0v) is 24.2. The lowest BCUT2D eigenvalue weighted by Crippen LogP contribution is -2.42. The Morgan fingerprint density at radius 2 is 1.48 bits per heavy atom. The van der Waals surface area contributed by atoms with Crippen LogP contribution in [0.5, 0.6) is 0 Å². The molecule has 0 aromatic carbocycles. The smallest absolute Gasteiger partial charge is 0.375 e. The van der Waals surface area contributed by atoms with Crippen LogP contribution in [-0.4, -0.2) is 67.0 Å². The maximum absolute atomic E-state index is 13.2. The Balaban J connectivity index is 0.000000195. The summed E-state index contributed by atoms with van der Waals surface area (Å²) in [6.45, 7) is 5.81. The molecular weight excluding hydrogens is 602 g/mol. The summed E-state index contributed by atoms with van der Waals surface area (Å²) in [5.74, 6) is -0.0326. The van der Waals surface area contributed by atoms with E-state index in [9.17, 15) is 41.4 Å². The molecule has 5 heterocycles. The van der Waals surface area contributed by atoms with Gasteiger partial charge in [0.1, 0.15) is 17.1 Å². The molecule has 0 unspecified atom stereocenters. The molecule has 0 radical (unpaired) electrons. The Morgan fingerprint density at radius 1 is 0.932 bits per heavy atom. The monoisotopic (exact) mass is 634 g/mol. The molecule has 3 aliphatic rings. The predicted octanol–water partition coefficient (Wildman–Crippen LogP) is 4.46. The van der Waals surface area contributed by atoms with E-state index in [2.05, 4.69) is 25.8 Å². The van der Waals surface area contributed by atoms with Crippen LogP contribution in [0.2, 0.25) is 0 Å². The van der Waals surface area contributed by atoms with Crippen LogP contribution in [0, 0.1) is 0 Å². The minimum atomic E-state index is -4.89. The molecule has 0 bridgehead atoms. The van der Waals surface area contributed by atoms with Crippen LogP contribution in [0.3, 0.4) is 0 Å². The van der Waals surface area contributed by atoms with E-state index >= 15 is 0 Å². The van der Waals surface area contributed by atoms with Gasteiger partial charge in [-0.15, -0.1) is 0 Å². The number of rotatable bonds is 4. The lowest BCUT2D eigenvalue weighted by molar-refractivity contribution is -0.261. The summed E-state index contributed by atoms with van der Waals surface area (Å²) in [6, 6.07) is 1.72. The van der Waals surface area contributed by atoms with Crippen LogP contribution >= 0.6 is 0 Å². The van der Waals surface area contributed by atoms with Gasteiger partial charge < -0.3 is 29.5 Å². The summed E-state index contributed by atoms with van der Waals surface area (Å²) in [7, 11) is 0. The van der Waals surface area contributed by atoms with Crippen molar-refractivity contribution >= 4 is 5.91 Å². The first kappa shape index (κ1) is 32.0. The highest BCUT2D eigenvalue weighted by atomic mass is 19.4. The first-order valence-corrected chi connectivity index (χ1v) is 14.0. The van der Waals surface area contributed by atoms with Crippen LogP contribution in [0.1, 0.15) is 109 Å². The summed E-state index contributed by atoms with van der Waals surface area (Å²) < 4.78 is 87.7. The fourth-order valence-corrected chi connectivity index (χ4v) is 5.42. The molecule has 1 fully saturated rings. The molecule has 1 amide bonds. The maximum atomic E-state index is 13.2. The number of carbonyl (C=O) groups excluding carboxylic acids is 1. The zero-order chi connectivity index (χ0) is 32.4. The number of aromatic amines is 1. The molecule has 44 heavy (non-hydrogen) atoms. The van der Waals surface area contributed by atoms with Gasteiger partial charge in [-0.2, -0.15) is 31.4 Å². The third-order valence-corrected chi connectivity index (χ3v) is 8.30. The normalized spacial score (nSPS) is 23.1. The van der Waals surface area contributed by atoms with Crippen molar-refractivity contribution in [2.75, 3.05) is 13.1 Å². The molecule has 3 aromatic heterocycles. The Morgan fingerprint density at radius 3 is 2.02 bits per heavy atom. The summed E-state index contributed by atoms with van der Waals surface area (Å²) >= 11 is 0. The number of carbonyl (C=O) groups is 1. The van der Waals surface area contributed by atoms with Crippen LogP contribution in [0.25, 0.3) is 0 Å². The van der Waals surface area contributed by atoms with E-state index in [-0.39, 0.29) is 41.9 Å². The van der Waals surface area contributed by atoms with Crippen molar-refractivity contribution in [3.63, 3.8) is 0 Å². The van der Waals surface area contributed by atoms with Gasteiger partial charge in [-0.25, -0.2) is 0 Å². The molecule has 0 spiro atoms. The number of aliphatic hydroxyl groups is 2. The minimum absolute atomic E-state index is 0.0228. The second-order valence-corrected chi connectivity index (χ2v) is 12.0. The lowest BCUT2D eigenvalue weighted by Gasteiger charge is -2.32. The van der Waals surface area contributed by atoms with E-state index in [0.29, 0.717) is 44.2 Å². The van der Waals surface area contributed by atoms with Gasteiger partial charge in [0, 0.05) is 41.7 Å². The number of fused-ring (bicyclic) bond motifs is 2. The molecule has 1 saturated carbocycles. The van der Waals surface area contributed by atoms with E-state index < -0.39 is 40.9 Å². The van der Waals surface area contributed by atoms with Gasteiger partial charge in [0.2, 0.25) is 11.2 Å². The molecule has 3 aromatic rings. The highest BCUT2D eigenvalue weighted by molar-refractivity contribution is 5.92. The van der Waals surface area contributed by atoms with Gasteiger partial charge in [0.25, 0.3) is 5.91 Å². The average Bonchev–Trinajstić information content (AvgIpc) is 3.31. The van der Waals surface area contributed by atoms with Gasteiger partial charge in [-0.3, -0.25) is 9.89 Å². The summed E-state index contributed by atoms with van der Waals surface area (Å²) in [5.41, 5.74) is -5.29. The molecule has 242 valence electrons. The van der Waals surface area contributed by atoms with Crippen LogP contribution in [0.4, 0.5) is 26.3 Å². The fraction of sp³-hybridized carbons (Fsp3) is 0.630.